The Kier molecular flexibility index (Phi) is 3.72. The highest BCUT2D eigenvalue weighted by Crippen LogP contribution is 2.27. The van der Waals surface area contributed by atoms with Crippen LogP contribution in [0, 0.1) is 0 Å². The number of nitrogens with zero attached hydrogens (tertiary/aromatic N) is 6. The van der Waals surface area contributed by atoms with Crippen LogP contribution in [-0.2, 0) is 6.61 Å². The highest BCUT2D eigenvalue weighted by molar-refractivity contribution is 7.13. The molecule has 0 atom stereocenters. The van der Waals surface area contributed by atoms with Crippen LogP contribution in [0.2, 0.25) is 0 Å². The Bertz CT molecular complexity index is 736. The van der Waals surface area contributed by atoms with Crippen LogP contribution in [0.4, 0.5) is 0 Å². The monoisotopic (exact) mass is 302 g/mol. The van der Waals surface area contributed by atoms with Crippen molar-refractivity contribution < 1.29 is 5.11 Å². The smallest absolute Gasteiger partial charge is 0.234 e. The number of aliphatic hydroxyl groups excluding tert-OH is 1. The van der Waals surface area contributed by atoms with Gasteiger partial charge in [-0.3, -0.25) is 4.98 Å². The van der Waals surface area contributed by atoms with Crippen LogP contribution in [0.25, 0.3) is 16.4 Å². The van der Waals surface area contributed by atoms with E-state index in [4.69, 9.17) is 0 Å². The van der Waals surface area contributed by atoms with Crippen LogP contribution in [0.15, 0.2) is 24.5 Å². The molecule has 0 fully saturated rings. The van der Waals surface area contributed by atoms with Gasteiger partial charge in [-0.1, -0.05) is 30.4 Å². The molecular weight excluding hydrogens is 288 g/mol. The quantitative estimate of drug-likeness (QED) is 0.790. The van der Waals surface area contributed by atoms with E-state index in [2.05, 4.69) is 39.3 Å². The van der Waals surface area contributed by atoms with Gasteiger partial charge < -0.3 is 5.11 Å². The van der Waals surface area contributed by atoms with Gasteiger partial charge in [0, 0.05) is 23.9 Å². The molecule has 1 N–H and O–H groups in total. The number of rotatable bonds is 4. The molecule has 0 unspecified atom stereocenters. The molecule has 3 aromatic heterocycles. The molecule has 0 aliphatic heterocycles. The van der Waals surface area contributed by atoms with E-state index in [-0.39, 0.29) is 6.61 Å². The summed E-state index contributed by atoms with van der Waals surface area (Å²) < 4.78 is 1.60. The minimum Gasteiger partial charge on any atom is -0.390 e. The Balaban J connectivity index is 2.13. The summed E-state index contributed by atoms with van der Waals surface area (Å²) in [6, 6.07) is 3.72. The van der Waals surface area contributed by atoms with Crippen molar-refractivity contribution in [3.05, 3.63) is 35.2 Å². The van der Waals surface area contributed by atoms with Crippen molar-refractivity contribution in [2.75, 3.05) is 0 Å². The van der Waals surface area contributed by atoms with Crippen molar-refractivity contribution >= 4 is 11.3 Å². The molecule has 0 bridgehead atoms. The van der Waals surface area contributed by atoms with Gasteiger partial charge in [-0.05, 0) is 12.1 Å². The normalized spacial score (nSPS) is 11.2. The van der Waals surface area contributed by atoms with Gasteiger partial charge in [0.1, 0.15) is 16.4 Å². The molecule has 3 heterocycles. The molecule has 0 saturated heterocycles. The molecule has 0 radical (unpaired) electrons. The standard InChI is InChI=1S/C13H14N6OS/c1-8(2)12-16-17-13(21-12)19-11(10(7-20)15-18-19)9-4-3-5-14-6-9/h3-6,8,20H,7H2,1-2H3. The van der Waals surface area contributed by atoms with Gasteiger partial charge in [0.15, 0.2) is 0 Å². The predicted octanol–water partition coefficient (Wildman–Crippen LogP) is 1.80. The van der Waals surface area contributed by atoms with Gasteiger partial charge in [-0.2, -0.15) is 4.68 Å². The van der Waals surface area contributed by atoms with Crippen LogP contribution in [0.5, 0.6) is 0 Å². The third kappa shape index (κ3) is 2.55. The minimum absolute atomic E-state index is 0.194. The average Bonchev–Trinajstić information content (AvgIpc) is 3.14. The summed E-state index contributed by atoms with van der Waals surface area (Å²) in [4.78, 5) is 4.10. The van der Waals surface area contributed by atoms with E-state index in [1.54, 1.807) is 17.1 Å². The molecule has 0 aliphatic carbocycles. The fourth-order valence-corrected chi connectivity index (χ4v) is 2.69. The van der Waals surface area contributed by atoms with Crippen molar-refractivity contribution in [2.45, 2.75) is 26.4 Å². The van der Waals surface area contributed by atoms with E-state index in [9.17, 15) is 5.11 Å². The van der Waals surface area contributed by atoms with Crippen LogP contribution < -0.4 is 0 Å². The van der Waals surface area contributed by atoms with Crippen molar-refractivity contribution in [2.24, 2.45) is 0 Å². The maximum atomic E-state index is 9.46. The van der Waals surface area contributed by atoms with E-state index in [0.29, 0.717) is 22.4 Å². The number of aliphatic hydroxyl groups is 1. The van der Waals surface area contributed by atoms with Gasteiger partial charge >= 0.3 is 0 Å². The fraction of sp³-hybridized carbons (Fsp3) is 0.308. The second kappa shape index (κ2) is 5.66. The molecule has 0 saturated carbocycles. The lowest BCUT2D eigenvalue weighted by atomic mass is 10.2. The third-order valence-corrected chi connectivity index (χ3v) is 4.13. The molecule has 3 aromatic rings. The fourth-order valence-electron chi connectivity index (χ4n) is 1.89. The van der Waals surface area contributed by atoms with E-state index in [0.717, 1.165) is 10.6 Å². The summed E-state index contributed by atoms with van der Waals surface area (Å²) in [6.45, 7) is 3.93. The first kappa shape index (κ1) is 13.8. The molecule has 0 spiro atoms. The zero-order valence-electron chi connectivity index (χ0n) is 11.6. The zero-order chi connectivity index (χ0) is 14.8. The third-order valence-electron chi connectivity index (χ3n) is 2.93. The maximum Gasteiger partial charge on any atom is 0.234 e. The SMILES string of the molecule is CC(C)c1nnc(-n2nnc(CO)c2-c2cccnc2)s1. The molecule has 8 heteroatoms. The van der Waals surface area contributed by atoms with Crippen LogP contribution >= 0.6 is 11.3 Å². The summed E-state index contributed by atoms with van der Waals surface area (Å²) in [6.07, 6.45) is 3.40. The predicted molar refractivity (Wildman–Crippen MR) is 78.1 cm³/mol. The summed E-state index contributed by atoms with van der Waals surface area (Å²) in [5, 5.41) is 27.5. The first-order valence-electron chi connectivity index (χ1n) is 6.50. The summed E-state index contributed by atoms with van der Waals surface area (Å²) >= 11 is 1.46. The summed E-state index contributed by atoms with van der Waals surface area (Å²) in [7, 11) is 0. The van der Waals surface area contributed by atoms with Crippen molar-refractivity contribution in [3.63, 3.8) is 0 Å². The second-order valence-electron chi connectivity index (χ2n) is 4.77. The first-order valence-corrected chi connectivity index (χ1v) is 7.32. The van der Waals surface area contributed by atoms with Crippen LogP contribution in [-0.4, -0.2) is 35.3 Å². The summed E-state index contributed by atoms with van der Waals surface area (Å²) in [5.41, 5.74) is 2.01. The molecule has 0 aromatic carbocycles. The van der Waals surface area contributed by atoms with Crippen molar-refractivity contribution in [3.8, 4) is 16.4 Å². The molecule has 0 aliphatic rings. The molecule has 3 rings (SSSR count). The van der Waals surface area contributed by atoms with Crippen molar-refractivity contribution in [1.29, 1.82) is 0 Å². The highest BCUT2D eigenvalue weighted by atomic mass is 32.1. The van der Waals surface area contributed by atoms with Crippen LogP contribution in [0.1, 0.15) is 30.5 Å². The van der Waals surface area contributed by atoms with E-state index in [1.807, 2.05) is 12.1 Å². The van der Waals surface area contributed by atoms with Crippen molar-refractivity contribution in [1.82, 2.24) is 30.2 Å². The number of hydrogen-bond donors (Lipinski definition) is 1. The summed E-state index contributed by atoms with van der Waals surface area (Å²) in [5.74, 6) is 0.305. The van der Waals surface area contributed by atoms with E-state index in [1.165, 1.54) is 11.3 Å². The van der Waals surface area contributed by atoms with E-state index < -0.39 is 0 Å². The largest absolute Gasteiger partial charge is 0.390 e. The molecular formula is C13H14N6OS. The van der Waals surface area contributed by atoms with Gasteiger partial charge in [0.05, 0.1) is 6.61 Å². The Hall–Kier alpha value is -2.19. The Morgan fingerprint density at radius 2 is 2.14 bits per heavy atom. The zero-order valence-corrected chi connectivity index (χ0v) is 12.4. The van der Waals surface area contributed by atoms with Gasteiger partial charge in [-0.25, -0.2) is 0 Å². The van der Waals surface area contributed by atoms with Gasteiger partial charge in [-0.15, -0.1) is 15.3 Å². The molecule has 0 amide bonds. The number of hydrogen-bond acceptors (Lipinski definition) is 7. The number of aromatic nitrogens is 6. The lowest BCUT2D eigenvalue weighted by Crippen LogP contribution is -2.00. The Labute approximate surface area is 125 Å². The maximum absolute atomic E-state index is 9.46. The topological polar surface area (TPSA) is 89.6 Å². The first-order chi connectivity index (χ1) is 10.2. The van der Waals surface area contributed by atoms with E-state index >= 15 is 0 Å². The molecule has 7 nitrogen and oxygen atoms in total. The Morgan fingerprint density at radius 3 is 2.76 bits per heavy atom. The lowest BCUT2D eigenvalue weighted by Gasteiger charge is -2.03. The second-order valence-corrected chi connectivity index (χ2v) is 5.76. The minimum atomic E-state index is -0.194. The highest BCUT2D eigenvalue weighted by Gasteiger charge is 2.19. The van der Waals surface area contributed by atoms with Gasteiger partial charge in [0.2, 0.25) is 5.13 Å². The molecule has 108 valence electrons. The Morgan fingerprint density at radius 1 is 1.29 bits per heavy atom. The van der Waals surface area contributed by atoms with Crippen LogP contribution in [0.3, 0.4) is 0 Å². The average molecular weight is 302 g/mol. The lowest BCUT2D eigenvalue weighted by molar-refractivity contribution is 0.277. The molecule has 21 heavy (non-hydrogen) atoms. The van der Waals surface area contributed by atoms with Gasteiger partial charge in [0.25, 0.3) is 0 Å². The number of pyridine rings is 1.